The molecule has 0 spiro atoms. The summed E-state index contributed by atoms with van der Waals surface area (Å²) < 4.78 is 40.4. The Balaban J connectivity index is 2.11. The van der Waals surface area contributed by atoms with Crippen LogP contribution in [0.3, 0.4) is 0 Å². The number of rotatable bonds is 7. The summed E-state index contributed by atoms with van der Waals surface area (Å²) in [4.78, 5) is 14.3. The molecular formula is C19H22ClFN2O4S. The summed E-state index contributed by atoms with van der Waals surface area (Å²) in [6.45, 7) is 4.76. The number of urea groups is 1. The molecule has 2 aromatic carbocycles. The van der Waals surface area contributed by atoms with Crippen molar-refractivity contribution < 1.29 is 21.8 Å². The highest BCUT2D eigenvalue weighted by Gasteiger charge is 2.16. The highest BCUT2D eigenvalue weighted by molar-refractivity contribution is 7.86. The fraction of sp³-hybridized carbons (Fsp3) is 0.316. The Hall–Kier alpha value is -2.32. The Morgan fingerprint density at radius 3 is 2.39 bits per heavy atom. The third kappa shape index (κ3) is 7.01. The van der Waals surface area contributed by atoms with Crippen molar-refractivity contribution >= 4 is 33.4 Å². The van der Waals surface area contributed by atoms with E-state index >= 15 is 0 Å². The van der Waals surface area contributed by atoms with Crippen LogP contribution in [0.1, 0.15) is 19.4 Å². The van der Waals surface area contributed by atoms with Gasteiger partial charge in [0.05, 0.1) is 11.3 Å². The maximum atomic E-state index is 13.3. The molecule has 0 bridgehead atoms. The molecule has 0 aliphatic heterocycles. The van der Waals surface area contributed by atoms with E-state index in [-0.39, 0.29) is 22.7 Å². The number of benzene rings is 2. The zero-order chi connectivity index (χ0) is 20.9. The Morgan fingerprint density at radius 2 is 1.86 bits per heavy atom. The Kier molecular flexibility index (Phi) is 7.26. The standard InChI is InChI=1S/C19H22ClFN2O4S/c1-13(2)11-23(19(24)22-15-6-9-18(21)17(20)10-15)12-14-4-7-16(8-5-14)27-28(3,25)26/h4-10,13H,11-12H2,1-3H3,(H,22,24). The van der Waals surface area contributed by atoms with Crippen LogP contribution in [-0.4, -0.2) is 32.1 Å². The maximum absolute atomic E-state index is 13.3. The first kappa shape index (κ1) is 22.0. The van der Waals surface area contributed by atoms with Crippen LogP contribution in [0.5, 0.6) is 5.75 Å². The molecule has 0 aromatic heterocycles. The molecule has 2 aromatic rings. The highest BCUT2D eigenvalue weighted by atomic mass is 35.5. The third-order valence-corrected chi connectivity index (χ3v) is 4.37. The van der Waals surface area contributed by atoms with Gasteiger partial charge in [-0.3, -0.25) is 0 Å². The first-order valence-electron chi connectivity index (χ1n) is 8.53. The molecule has 0 fully saturated rings. The number of anilines is 1. The fourth-order valence-electron chi connectivity index (χ4n) is 2.48. The maximum Gasteiger partial charge on any atom is 0.322 e. The number of carbonyl (C=O) groups excluding carboxylic acids is 1. The average molecular weight is 429 g/mol. The molecule has 0 saturated heterocycles. The van der Waals surface area contributed by atoms with E-state index in [1.165, 1.54) is 30.3 Å². The molecule has 0 unspecified atom stereocenters. The van der Waals surface area contributed by atoms with Crippen molar-refractivity contribution in [1.29, 1.82) is 0 Å². The lowest BCUT2D eigenvalue weighted by Crippen LogP contribution is -2.37. The van der Waals surface area contributed by atoms with Gasteiger partial charge in [-0.1, -0.05) is 37.6 Å². The highest BCUT2D eigenvalue weighted by Crippen LogP contribution is 2.21. The van der Waals surface area contributed by atoms with Gasteiger partial charge in [0.25, 0.3) is 0 Å². The number of nitrogens with one attached hydrogen (secondary N) is 1. The number of hydrogen-bond acceptors (Lipinski definition) is 4. The molecule has 28 heavy (non-hydrogen) atoms. The van der Waals surface area contributed by atoms with Gasteiger partial charge in [-0.25, -0.2) is 9.18 Å². The predicted molar refractivity (Wildman–Crippen MR) is 108 cm³/mol. The molecule has 0 aliphatic carbocycles. The van der Waals surface area contributed by atoms with Crippen molar-refractivity contribution in [3.05, 3.63) is 58.9 Å². The van der Waals surface area contributed by atoms with Gasteiger partial charge < -0.3 is 14.4 Å². The van der Waals surface area contributed by atoms with E-state index in [0.29, 0.717) is 18.8 Å². The first-order chi connectivity index (χ1) is 13.0. The summed E-state index contributed by atoms with van der Waals surface area (Å²) in [5.74, 6) is -0.141. The molecule has 0 aliphatic rings. The van der Waals surface area contributed by atoms with Crippen molar-refractivity contribution in [1.82, 2.24) is 4.90 Å². The van der Waals surface area contributed by atoms with Crippen molar-refractivity contribution in [3.8, 4) is 5.75 Å². The van der Waals surface area contributed by atoms with Crippen molar-refractivity contribution in [3.63, 3.8) is 0 Å². The van der Waals surface area contributed by atoms with Crippen LogP contribution in [0, 0.1) is 11.7 Å². The van der Waals surface area contributed by atoms with Gasteiger partial charge in [0.1, 0.15) is 11.6 Å². The lowest BCUT2D eigenvalue weighted by molar-refractivity contribution is 0.201. The van der Waals surface area contributed by atoms with Gasteiger partial charge >= 0.3 is 16.1 Å². The summed E-state index contributed by atoms with van der Waals surface area (Å²) in [6, 6.07) is 10.1. The van der Waals surface area contributed by atoms with E-state index in [1.54, 1.807) is 17.0 Å². The number of nitrogens with zero attached hydrogens (tertiary/aromatic N) is 1. The minimum Gasteiger partial charge on any atom is -0.383 e. The minimum atomic E-state index is -3.60. The molecule has 0 atom stereocenters. The normalized spacial score (nSPS) is 11.4. The lowest BCUT2D eigenvalue weighted by Gasteiger charge is -2.25. The molecule has 0 radical (unpaired) electrons. The molecule has 1 N–H and O–H groups in total. The number of halogens is 2. The quantitative estimate of drug-likeness (QED) is 0.658. The van der Waals surface area contributed by atoms with E-state index in [1.807, 2.05) is 13.8 Å². The van der Waals surface area contributed by atoms with Crippen LogP contribution >= 0.6 is 11.6 Å². The Labute approximate surface area is 169 Å². The molecular weight excluding hydrogens is 407 g/mol. The van der Waals surface area contributed by atoms with Crippen LogP contribution in [0.25, 0.3) is 0 Å². The van der Waals surface area contributed by atoms with E-state index < -0.39 is 15.9 Å². The van der Waals surface area contributed by atoms with Crippen LogP contribution in [0.4, 0.5) is 14.9 Å². The second-order valence-electron chi connectivity index (χ2n) is 6.76. The van der Waals surface area contributed by atoms with E-state index in [4.69, 9.17) is 15.8 Å². The Morgan fingerprint density at radius 1 is 1.21 bits per heavy atom. The van der Waals surface area contributed by atoms with Crippen molar-refractivity contribution in [2.45, 2.75) is 20.4 Å². The SMILES string of the molecule is CC(C)CN(Cc1ccc(OS(C)(=O)=O)cc1)C(=O)Nc1ccc(F)c(Cl)c1. The van der Waals surface area contributed by atoms with E-state index in [0.717, 1.165) is 11.8 Å². The molecule has 0 saturated carbocycles. The molecule has 0 heterocycles. The summed E-state index contributed by atoms with van der Waals surface area (Å²) in [7, 11) is -3.60. The summed E-state index contributed by atoms with van der Waals surface area (Å²) >= 11 is 5.76. The van der Waals surface area contributed by atoms with Crippen LogP contribution in [0.2, 0.25) is 5.02 Å². The largest absolute Gasteiger partial charge is 0.383 e. The van der Waals surface area contributed by atoms with Crippen LogP contribution in [-0.2, 0) is 16.7 Å². The number of hydrogen-bond donors (Lipinski definition) is 1. The first-order valence-corrected chi connectivity index (χ1v) is 10.7. The lowest BCUT2D eigenvalue weighted by atomic mass is 10.1. The molecule has 6 nitrogen and oxygen atoms in total. The summed E-state index contributed by atoms with van der Waals surface area (Å²) in [5.41, 5.74) is 1.19. The van der Waals surface area contributed by atoms with Gasteiger partial charge in [0.15, 0.2) is 0 Å². The molecule has 9 heteroatoms. The van der Waals surface area contributed by atoms with E-state index in [2.05, 4.69) is 5.32 Å². The predicted octanol–water partition coefficient (Wildman–Crippen LogP) is 4.51. The van der Waals surface area contributed by atoms with Gasteiger partial charge in [0, 0.05) is 18.8 Å². The topological polar surface area (TPSA) is 75.7 Å². The number of amides is 2. The number of carbonyl (C=O) groups is 1. The summed E-state index contributed by atoms with van der Waals surface area (Å²) in [6.07, 6.45) is 0.970. The second kappa shape index (κ2) is 9.25. The average Bonchev–Trinajstić information content (AvgIpc) is 2.57. The zero-order valence-electron chi connectivity index (χ0n) is 15.8. The van der Waals surface area contributed by atoms with Crippen LogP contribution < -0.4 is 9.50 Å². The monoisotopic (exact) mass is 428 g/mol. The molecule has 2 amide bonds. The molecule has 152 valence electrons. The van der Waals surface area contributed by atoms with E-state index in [9.17, 15) is 17.6 Å². The fourth-order valence-corrected chi connectivity index (χ4v) is 3.12. The second-order valence-corrected chi connectivity index (χ2v) is 8.75. The Bertz CT molecular complexity index is 933. The van der Waals surface area contributed by atoms with Gasteiger partial charge in [-0.15, -0.1) is 0 Å². The van der Waals surface area contributed by atoms with Gasteiger partial charge in [-0.2, -0.15) is 8.42 Å². The smallest absolute Gasteiger partial charge is 0.322 e. The summed E-state index contributed by atoms with van der Waals surface area (Å²) in [5, 5.41) is 2.64. The zero-order valence-corrected chi connectivity index (χ0v) is 17.3. The van der Waals surface area contributed by atoms with Crippen molar-refractivity contribution in [2.75, 3.05) is 18.1 Å². The molecule has 2 rings (SSSR count). The van der Waals surface area contributed by atoms with Gasteiger partial charge in [0.2, 0.25) is 0 Å². The third-order valence-electron chi connectivity index (χ3n) is 3.59. The van der Waals surface area contributed by atoms with Gasteiger partial charge in [-0.05, 0) is 41.8 Å². The minimum absolute atomic E-state index is 0.0744. The van der Waals surface area contributed by atoms with Crippen molar-refractivity contribution in [2.24, 2.45) is 5.92 Å². The van der Waals surface area contributed by atoms with Crippen LogP contribution in [0.15, 0.2) is 42.5 Å².